The average Bonchev–Trinajstić information content (AvgIpc) is 2.27. The van der Waals surface area contributed by atoms with Crippen molar-refractivity contribution in [1.29, 1.82) is 0 Å². The van der Waals surface area contributed by atoms with E-state index < -0.39 is 5.54 Å². The Labute approximate surface area is 99.2 Å². The van der Waals surface area contributed by atoms with Crippen molar-refractivity contribution >= 4 is 23.2 Å². The number of halogens is 2. The van der Waals surface area contributed by atoms with Crippen molar-refractivity contribution in [3.63, 3.8) is 0 Å². The molecule has 0 spiro atoms. The molecule has 3 heteroatoms. The van der Waals surface area contributed by atoms with Crippen molar-refractivity contribution in [3.8, 4) is 0 Å². The zero-order valence-corrected chi connectivity index (χ0v) is 9.54. The second-order valence-electron chi connectivity index (χ2n) is 3.54. The highest BCUT2D eigenvalue weighted by molar-refractivity contribution is 6.33. The van der Waals surface area contributed by atoms with E-state index in [1.54, 1.807) is 6.08 Å². The summed E-state index contributed by atoms with van der Waals surface area (Å²) < 4.78 is 0. The summed E-state index contributed by atoms with van der Waals surface area (Å²) in [5.74, 6) is 0. The van der Waals surface area contributed by atoms with Crippen LogP contribution < -0.4 is 5.73 Å². The van der Waals surface area contributed by atoms with Gasteiger partial charge in [-0.15, -0.1) is 11.6 Å². The van der Waals surface area contributed by atoms with Crippen molar-refractivity contribution in [1.82, 2.24) is 0 Å². The second-order valence-corrected chi connectivity index (χ2v) is 4.41. The minimum absolute atomic E-state index is 0.322. The zero-order chi connectivity index (χ0) is 10.9. The van der Waals surface area contributed by atoms with Crippen LogP contribution in [0.3, 0.4) is 0 Å². The van der Waals surface area contributed by atoms with Gasteiger partial charge >= 0.3 is 0 Å². The summed E-state index contributed by atoms with van der Waals surface area (Å²) in [7, 11) is 0. The van der Waals surface area contributed by atoms with Gasteiger partial charge in [-0.3, -0.25) is 0 Å². The van der Waals surface area contributed by atoms with E-state index in [1.807, 2.05) is 42.5 Å². The lowest BCUT2D eigenvalue weighted by Crippen LogP contribution is -2.46. The SMILES string of the molecule is NC1(c2ccccc2)C(Cl)=CC=CC1Cl. The minimum atomic E-state index is -0.806. The summed E-state index contributed by atoms with van der Waals surface area (Å²) >= 11 is 12.4. The Morgan fingerprint density at radius 1 is 1.20 bits per heavy atom. The van der Waals surface area contributed by atoms with Crippen LogP contribution in [0.5, 0.6) is 0 Å². The van der Waals surface area contributed by atoms with Gasteiger partial charge in [0.15, 0.2) is 0 Å². The number of hydrogen-bond acceptors (Lipinski definition) is 1. The van der Waals surface area contributed by atoms with Crippen molar-refractivity contribution in [2.45, 2.75) is 10.9 Å². The summed E-state index contributed by atoms with van der Waals surface area (Å²) in [5, 5.41) is 0.244. The molecule has 0 fully saturated rings. The molecule has 0 radical (unpaired) electrons. The van der Waals surface area contributed by atoms with E-state index in [2.05, 4.69) is 0 Å². The molecule has 0 aliphatic heterocycles. The Bertz CT molecular complexity index is 411. The van der Waals surface area contributed by atoms with Crippen LogP contribution in [0.15, 0.2) is 53.6 Å². The van der Waals surface area contributed by atoms with Gasteiger partial charge in [0.1, 0.15) is 0 Å². The van der Waals surface area contributed by atoms with Crippen LogP contribution in [0.2, 0.25) is 0 Å². The maximum absolute atomic E-state index is 6.28. The number of allylic oxidation sites excluding steroid dienone is 2. The van der Waals surface area contributed by atoms with Crippen LogP contribution in [0, 0.1) is 0 Å². The molecule has 15 heavy (non-hydrogen) atoms. The number of nitrogens with two attached hydrogens (primary N) is 1. The van der Waals surface area contributed by atoms with Gasteiger partial charge in [0, 0.05) is 5.03 Å². The fourth-order valence-electron chi connectivity index (χ4n) is 1.67. The predicted molar refractivity (Wildman–Crippen MR) is 65.0 cm³/mol. The fourth-order valence-corrected chi connectivity index (χ4v) is 2.35. The maximum atomic E-state index is 6.28. The molecule has 1 aromatic carbocycles. The van der Waals surface area contributed by atoms with Gasteiger partial charge in [0.05, 0.1) is 10.9 Å². The van der Waals surface area contributed by atoms with E-state index in [4.69, 9.17) is 28.9 Å². The van der Waals surface area contributed by atoms with E-state index in [0.29, 0.717) is 5.03 Å². The summed E-state index contributed by atoms with van der Waals surface area (Å²) in [6.07, 6.45) is 5.46. The Kier molecular flexibility index (Phi) is 2.87. The Morgan fingerprint density at radius 3 is 2.47 bits per heavy atom. The fraction of sp³-hybridized carbons (Fsp3) is 0.167. The third-order valence-electron chi connectivity index (χ3n) is 2.60. The van der Waals surface area contributed by atoms with Crippen LogP contribution in [0.1, 0.15) is 5.56 Å². The molecule has 0 aromatic heterocycles. The molecule has 0 saturated heterocycles. The van der Waals surface area contributed by atoms with Crippen LogP contribution in [-0.4, -0.2) is 5.38 Å². The Morgan fingerprint density at radius 2 is 1.87 bits per heavy atom. The highest BCUT2D eigenvalue weighted by Crippen LogP contribution is 2.38. The molecule has 1 nitrogen and oxygen atoms in total. The monoisotopic (exact) mass is 239 g/mol. The minimum Gasteiger partial charge on any atom is -0.315 e. The number of alkyl halides is 1. The molecule has 2 atom stereocenters. The molecule has 1 aromatic rings. The Hall–Kier alpha value is -0.760. The molecule has 0 amide bonds. The van der Waals surface area contributed by atoms with Crippen molar-refractivity contribution in [2.75, 3.05) is 0 Å². The summed E-state index contributed by atoms with van der Waals surface area (Å²) in [6, 6.07) is 9.66. The first-order chi connectivity index (χ1) is 7.15. The first-order valence-electron chi connectivity index (χ1n) is 4.68. The van der Waals surface area contributed by atoms with Gasteiger partial charge in [-0.25, -0.2) is 0 Å². The van der Waals surface area contributed by atoms with Crippen LogP contribution >= 0.6 is 23.2 Å². The number of benzene rings is 1. The summed E-state index contributed by atoms with van der Waals surface area (Å²) in [5.41, 5.74) is 6.40. The number of hydrogen-bond donors (Lipinski definition) is 1. The van der Waals surface area contributed by atoms with Gasteiger partial charge in [-0.1, -0.05) is 54.1 Å². The van der Waals surface area contributed by atoms with E-state index in [9.17, 15) is 0 Å². The average molecular weight is 240 g/mol. The topological polar surface area (TPSA) is 26.0 Å². The standard InChI is InChI=1S/C12H11Cl2N/c13-10-7-4-8-11(14)12(10,15)9-5-2-1-3-6-9/h1-8,10H,15H2. The highest BCUT2D eigenvalue weighted by atomic mass is 35.5. The van der Waals surface area contributed by atoms with Gasteiger partial charge in [0.2, 0.25) is 0 Å². The zero-order valence-electron chi connectivity index (χ0n) is 8.03. The van der Waals surface area contributed by atoms with Crippen molar-refractivity contribution in [3.05, 3.63) is 59.2 Å². The van der Waals surface area contributed by atoms with E-state index in [-0.39, 0.29) is 5.38 Å². The second kappa shape index (κ2) is 4.01. The van der Waals surface area contributed by atoms with Crippen LogP contribution in [0.4, 0.5) is 0 Å². The largest absolute Gasteiger partial charge is 0.315 e. The molecular formula is C12H11Cl2N. The van der Waals surface area contributed by atoms with Crippen LogP contribution in [0.25, 0.3) is 0 Å². The third-order valence-corrected chi connectivity index (χ3v) is 3.53. The lowest BCUT2D eigenvalue weighted by atomic mass is 9.84. The molecule has 0 saturated carbocycles. The van der Waals surface area contributed by atoms with Gasteiger partial charge < -0.3 is 5.73 Å². The molecule has 1 aliphatic rings. The molecule has 0 bridgehead atoms. The molecule has 78 valence electrons. The number of rotatable bonds is 1. The quantitative estimate of drug-likeness (QED) is 0.750. The van der Waals surface area contributed by atoms with E-state index >= 15 is 0 Å². The van der Waals surface area contributed by atoms with Crippen molar-refractivity contribution in [2.24, 2.45) is 5.73 Å². The molecule has 0 heterocycles. The normalized spacial score (nSPS) is 30.1. The van der Waals surface area contributed by atoms with E-state index in [1.165, 1.54) is 0 Å². The molecule has 2 N–H and O–H groups in total. The molecule has 1 aliphatic carbocycles. The first kappa shape index (κ1) is 10.7. The predicted octanol–water partition coefficient (Wildman–Crippen LogP) is 3.14. The van der Waals surface area contributed by atoms with Gasteiger partial charge in [-0.2, -0.15) is 0 Å². The van der Waals surface area contributed by atoms with Gasteiger partial charge in [-0.05, 0) is 11.6 Å². The molecule has 2 rings (SSSR count). The highest BCUT2D eigenvalue weighted by Gasteiger charge is 2.38. The van der Waals surface area contributed by atoms with E-state index in [0.717, 1.165) is 5.56 Å². The third kappa shape index (κ3) is 1.71. The lowest BCUT2D eigenvalue weighted by Gasteiger charge is -2.34. The first-order valence-corrected chi connectivity index (χ1v) is 5.50. The Balaban J connectivity index is 2.50. The van der Waals surface area contributed by atoms with Crippen LogP contribution in [-0.2, 0) is 5.54 Å². The summed E-state index contributed by atoms with van der Waals surface area (Å²) in [4.78, 5) is 0. The smallest absolute Gasteiger partial charge is 0.0974 e. The molecule has 2 unspecified atom stereocenters. The van der Waals surface area contributed by atoms with Crippen molar-refractivity contribution < 1.29 is 0 Å². The lowest BCUT2D eigenvalue weighted by molar-refractivity contribution is 0.560. The summed E-state index contributed by atoms with van der Waals surface area (Å²) in [6.45, 7) is 0. The molecular weight excluding hydrogens is 229 g/mol. The maximum Gasteiger partial charge on any atom is 0.0974 e. The van der Waals surface area contributed by atoms with Gasteiger partial charge in [0.25, 0.3) is 0 Å².